The quantitative estimate of drug-likeness (QED) is 0.105. The molecule has 0 saturated carbocycles. The molecular formula is C22H39ClO13. The minimum absolute atomic E-state index is 0.214. The van der Waals surface area contributed by atoms with E-state index in [2.05, 4.69) is 9.03 Å². The fourth-order valence-electron chi connectivity index (χ4n) is 4.10. The maximum absolute atomic E-state index is 11.1. The van der Waals surface area contributed by atoms with E-state index in [0.717, 1.165) is 32.1 Å². The van der Waals surface area contributed by atoms with Crippen LogP contribution in [0, 0.1) is 0 Å². The summed E-state index contributed by atoms with van der Waals surface area (Å²) in [5.41, 5.74) is 0. The first-order valence-electron chi connectivity index (χ1n) is 12.1. The predicted octanol–water partition coefficient (Wildman–Crippen LogP) is -1.29. The summed E-state index contributed by atoms with van der Waals surface area (Å²) < 4.78 is 31.5. The standard InChI is InChI=1S/C22H39ClO13/c1-31-14(25)8-6-4-2-3-5-7-9-32-22-20(18(29)15(26)12(10-24)34-22)36-21-19(30)17(28)16(27)13(35-21)11-33-23/h12-13,15-22,24,26-30H,2-11H2,1H3/t12-,13-,15-,16-,17+,18+,19-,20-,21-,22+/m1/s1. The number of ether oxygens (including phenoxy) is 5. The molecule has 2 aliphatic heterocycles. The molecule has 0 aromatic rings. The lowest BCUT2D eigenvalue weighted by Gasteiger charge is -2.46. The lowest BCUT2D eigenvalue weighted by Crippen LogP contribution is -2.64. The molecule has 10 atom stereocenters. The zero-order valence-electron chi connectivity index (χ0n) is 20.3. The number of halogens is 1. The maximum Gasteiger partial charge on any atom is 0.305 e. The second-order valence-corrected chi connectivity index (χ2v) is 9.13. The number of methoxy groups -OCH3 is 1. The second kappa shape index (κ2) is 16.3. The van der Waals surface area contributed by atoms with Gasteiger partial charge in [-0.15, -0.1) is 0 Å². The summed E-state index contributed by atoms with van der Waals surface area (Å²) in [5.74, 6) is -0.221. The summed E-state index contributed by atoms with van der Waals surface area (Å²) in [4.78, 5) is 11.1. The maximum atomic E-state index is 11.1. The molecule has 13 nitrogen and oxygen atoms in total. The van der Waals surface area contributed by atoms with Crippen molar-refractivity contribution >= 4 is 17.8 Å². The van der Waals surface area contributed by atoms with Crippen LogP contribution in [-0.4, -0.2) is 125 Å². The molecule has 0 spiro atoms. The summed E-state index contributed by atoms with van der Waals surface area (Å²) >= 11 is 5.23. The Morgan fingerprint density at radius 3 is 2.06 bits per heavy atom. The van der Waals surface area contributed by atoms with E-state index < -0.39 is 68.0 Å². The molecule has 2 rings (SSSR count). The molecule has 2 fully saturated rings. The van der Waals surface area contributed by atoms with Crippen molar-refractivity contribution in [1.29, 1.82) is 0 Å². The number of aliphatic hydroxyl groups excluding tert-OH is 6. The summed E-state index contributed by atoms with van der Waals surface area (Å²) in [5, 5.41) is 60.9. The van der Waals surface area contributed by atoms with Crippen LogP contribution in [0.2, 0.25) is 0 Å². The van der Waals surface area contributed by atoms with Crippen LogP contribution in [0.4, 0.5) is 0 Å². The summed E-state index contributed by atoms with van der Waals surface area (Å²) in [7, 11) is 1.36. The van der Waals surface area contributed by atoms with Gasteiger partial charge in [-0.25, -0.2) is 0 Å². The number of hydrogen-bond donors (Lipinski definition) is 6. The van der Waals surface area contributed by atoms with E-state index >= 15 is 0 Å². The molecule has 0 aromatic heterocycles. The summed E-state index contributed by atoms with van der Waals surface area (Å²) in [6.07, 6.45) is -9.00. The van der Waals surface area contributed by atoms with Crippen LogP contribution in [0.3, 0.4) is 0 Å². The predicted molar refractivity (Wildman–Crippen MR) is 121 cm³/mol. The minimum atomic E-state index is -1.70. The number of carbonyl (C=O) groups is 1. The highest BCUT2D eigenvalue weighted by molar-refractivity contribution is 6.07. The topological polar surface area (TPSA) is 194 Å². The number of carbonyl (C=O) groups excluding carboxylic acids is 1. The lowest BCUT2D eigenvalue weighted by atomic mass is 9.97. The van der Waals surface area contributed by atoms with Crippen LogP contribution in [0.1, 0.15) is 44.9 Å². The molecule has 0 aliphatic carbocycles. The van der Waals surface area contributed by atoms with Crippen molar-refractivity contribution in [2.75, 3.05) is 26.9 Å². The monoisotopic (exact) mass is 546 g/mol. The molecule has 2 aliphatic rings. The first-order chi connectivity index (χ1) is 17.2. The molecule has 0 amide bonds. The van der Waals surface area contributed by atoms with Crippen LogP contribution >= 0.6 is 11.9 Å². The van der Waals surface area contributed by atoms with Gasteiger partial charge in [0.2, 0.25) is 0 Å². The molecule has 0 unspecified atom stereocenters. The van der Waals surface area contributed by atoms with Crippen molar-refractivity contribution < 1.29 is 63.4 Å². The van der Waals surface area contributed by atoms with Crippen molar-refractivity contribution in [2.45, 2.75) is 106 Å². The van der Waals surface area contributed by atoms with Gasteiger partial charge in [0, 0.05) is 13.0 Å². The fourth-order valence-corrected chi connectivity index (χ4v) is 4.22. The molecule has 36 heavy (non-hydrogen) atoms. The van der Waals surface area contributed by atoms with Crippen LogP contribution in [-0.2, 0) is 32.8 Å². The summed E-state index contributed by atoms with van der Waals surface area (Å²) in [6.45, 7) is -0.696. The highest BCUT2D eigenvalue weighted by Crippen LogP contribution is 2.30. The Hall–Kier alpha value is -0.680. The Kier molecular flexibility index (Phi) is 14.3. The van der Waals surface area contributed by atoms with Gasteiger partial charge in [0.15, 0.2) is 12.6 Å². The Morgan fingerprint density at radius 1 is 0.806 bits per heavy atom. The largest absolute Gasteiger partial charge is 0.469 e. The number of aliphatic hydroxyl groups is 6. The average molecular weight is 547 g/mol. The average Bonchev–Trinajstić information content (AvgIpc) is 2.87. The van der Waals surface area contributed by atoms with Crippen molar-refractivity contribution in [3.63, 3.8) is 0 Å². The van der Waals surface area contributed by atoms with E-state index in [4.69, 9.17) is 30.8 Å². The van der Waals surface area contributed by atoms with E-state index in [1.807, 2.05) is 0 Å². The smallest absolute Gasteiger partial charge is 0.305 e. The SMILES string of the molecule is COC(=O)CCCCCCCCO[C@H]1O[C@H](CO)[C@@H](O)[C@H](O)[C@H]1O[C@H]1O[C@H](COCl)[C@@H](O)[C@H](O)[C@H]1O. The molecule has 6 N–H and O–H groups in total. The van der Waals surface area contributed by atoms with Crippen LogP contribution in [0.25, 0.3) is 0 Å². The normalized spacial score (nSPS) is 37.1. The van der Waals surface area contributed by atoms with Gasteiger partial charge in [-0.3, -0.25) is 9.08 Å². The highest BCUT2D eigenvalue weighted by Gasteiger charge is 2.51. The van der Waals surface area contributed by atoms with E-state index in [9.17, 15) is 35.4 Å². The van der Waals surface area contributed by atoms with E-state index in [1.54, 1.807) is 0 Å². The molecule has 2 heterocycles. The van der Waals surface area contributed by atoms with Gasteiger partial charge in [-0.1, -0.05) is 25.7 Å². The zero-order chi connectivity index (χ0) is 26.7. The third-order valence-corrected chi connectivity index (χ3v) is 6.42. The van der Waals surface area contributed by atoms with Gasteiger partial charge in [-0.2, -0.15) is 0 Å². The lowest BCUT2D eigenvalue weighted by molar-refractivity contribution is -0.367. The second-order valence-electron chi connectivity index (χ2n) is 8.92. The zero-order valence-corrected chi connectivity index (χ0v) is 21.0. The Morgan fingerprint density at radius 2 is 1.42 bits per heavy atom. The first-order valence-corrected chi connectivity index (χ1v) is 12.5. The molecule has 2 saturated heterocycles. The van der Waals surface area contributed by atoms with Crippen molar-refractivity contribution in [3.8, 4) is 0 Å². The van der Waals surface area contributed by atoms with E-state index in [1.165, 1.54) is 7.11 Å². The fraction of sp³-hybridized carbons (Fsp3) is 0.955. The Labute approximate surface area is 214 Å². The highest BCUT2D eigenvalue weighted by atomic mass is 35.5. The van der Waals surface area contributed by atoms with E-state index in [-0.39, 0.29) is 19.2 Å². The van der Waals surface area contributed by atoms with Crippen molar-refractivity contribution in [1.82, 2.24) is 0 Å². The van der Waals surface area contributed by atoms with Gasteiger partial charge in [0.1, 0.15) is 48.8 Å². The molecule has 212 valence electrons. The van der Waals surface area contributed by atoms with Crippen molar-refractivity contribution in [2.24, 2.45) is 0 Å². The number of unbranched alkanes of at least 4 members (excludes halogenated alkanes) is 5. The van der Waals surface area contributed by atoms with Gasteiger partial charge in [0.25, 0.3) is 0 Å². The van der Waals surface area contributed by atoms with Crippen LogP contribution in [0.5, 0.6) is 0 Å². The molecular weight excluding hydrogens is 508 g/mol. The Balaban J connectivity index is 1.88. The first kappa shape index (κ1) is 31.5. The van der Waals surface area contributed by atoms with Crippen molar-refractivity contribution in [3.05, 3.63) is 0 Å². The van der Waals surface area contributed by atoms with Gasteiger partial charge in [-0.05, 0) is 12.8 Å². The van der Waals surface area contributed by atoms with Gasteiger partial charge in [0.05, 0.1) is 32.2 Å². The third kappa shape index (κ3) is 8.96. The third-order valence-electron chi connectivity index (χ3n) is 6.30. The minimum Gasteiger partial charge on any atom is -0.469 e. The van der Waals surface area contributed by atoms with Crippen LogP contribution in [0.15, 0.2) is 0 Å². The molecule has 0 radical (unpaired) electrons. The number of hydrogen-bond acceptors (Lipinski definition) is 13. The number of rotatable bonds is 15. The van der Waals surface area contributed by atoms with E-state index in [0.29, 0.717) is 12.8 Å². The van der Waals surface area contributed by atoms with Gasteiger partial charge < -0.3 is 54.3 Å². The molecule has 0 aromatic carbocycles. The van der Waals surface area contributed by atoms with Crippen LogP contribution < -0.4 is 0 Å². The van der Waals surface area contributed by atoms with Gasteiger partial charge >= 0.3 is 5.97 Å². The summed E-state index contributed by atoms with van der Waals surface area (Å²) in [6, 6.07) is 0. The Bertz CT molecular complexity index is 629. The number of esters is 1. The molecule has 14 heteroatoms. The molecule has 0 bridgehead atoms.